The molecule has 0 aliphatic carbocycles. The van der Waals surface area contributed by atoms with Crippen LogP contribution in [0, 0.1) is 5.82 Å². The van der Waals surface area contributed by atoms with E-state index in [0.717, 1.165) is 30.5 Å². The molecule has 0 spiro atoms. The summed E-state index contributed by atoms with van der Waals surface area (Å²) in [5, 5.41) is 3.62. The number of rotatable bonds is 7. The van der Waals surface area contributed by atoms with Gasteiger partial charge in [-0.3, -0.25) is 4.98 Å². The summed E-state index contributed by atoms with van der Waals surface area (Å²) in [4.78, 5) is 4.40. The van der Waals surface area contributed by atoms with Crippen LogP contribution in [0.25, 0.3) is 0 Å². The molecule has 0 bridgehead atoms. The van der Waals surface area contributed by atoms with E-state index in [1.54, 1.807) is 0 Å². The molecule has 0 aliphatic rings. The number of halogens is 1. The van der Waals surface area contributed by atoms with E-state index in [1.807, 2.05) is 36.5 Å². The Morgan fingerprint density at radius 2 is 1.90 bits per heavy atom. The first-order valence-electron chi connectivity index (χ1n) is 7.63. The quantitative estimate of drug-likeness (QED) is 0.790. The van der Waals surface area contributed by atoms with Gasteiger partial charge in [-0.25, -0.2) is 4.39 Å². The number of benzene rings is 1. The highest BCUT2D eigenvalue weighted by Gasteiger charge is 2.15. The molecule has 1 heterocycles. The molecule has 0 fully saturated rings. The molecule has 2 nitrogen and oxygen atoms in total. The number of nitrogens with zero attached hydrogens (tertiary/aromatic N) is 1. The smallest absolute Gasteiger partial charge is 0.123 e. The Bertz CT molecular complexity index is 525. The molecule has 0 amide bonds. The van der Waals surface area contributed by atoms with E-state index in [0.29, 0.717) is 0 Å². The van der Waals surface area contributed by atoms with Crippen LogP contribution in [-0.2, 0) is 0 Å². The van der Waals surface area contributed by atoms with Gasteiger partial charge in [-0.1, -0.05) is 38.0 Å². The van der Waals surface area contributed by atoms with Crippen molar-refractivity contribution in [2.45, 2.75) is 45.2 Å². The molecule has 0 aliphatic heterocycles. The van der Waals surface area contributed by atoms with E-state index in [9.17, 15) is 4.39 Å². The molecule has 0 saturated carbocycles. The van der Waals surface area contributed by atoms with Crippen LogP contribution >= 0.6 is 0 Å². The first-order chi connectivity index (χ1) is 10.2. The zero-order valence-corrected chi connectivity index (χ0v) is 12.7. The van der Waals surface area contributed by atoms with Gasteiger partial charge in [0.1, 0.15) is 5.82 Å². The van der Waals surface area contributed by atoms with E-state index < -0.39 is 0 Å². The van der Waals surface area contributed by atoms with Gasteiger partial charge in [0.15, 0.2) is 0 Å². The van der Waals surface area contributed by atoms with Gasteiger partial charge in [-0.05, 0) is 43.2 Å². The van der Waals surface area contributed by atoms with Gasteiger partial charge >= 0.3 is 0 Å². The van der Waals surface area contributed by atoms with E-state index in [1.165, 1.54) is 12.1 Å². The fraction of sp³-hybridized carbons (Fsp3) is 0.389. The molecule has 1 aromatic heterocycles. The van der Waals surface area contributed by atoms with Crippen molar-refractivity contribution in [3.8, 4) is 0 Å². The first kappa shape index (κ1) is 15.6. The van der Waals surface area contributed by atoms with Crippen LogP contribution in [-0.4, -0.2) is 4.98 Å². The van der Waals surface area contributed by atoms with Gasteiger partial charge in [0, 0.05) is 18.3 Å². The van der Waals surface area contributed by atoms with E-state index in [-0.39, 0.29) is 17.9 Å². The van der Waals surface area contributed by atoms with Gasteiger partial charge in [0.2, 0.25) is 0 Å². The minimum Gasteiger partial charge on any atom is -0.302 e. The second-order valence-corrected chi connectivity index (χ2v) is 5.39. The molecule has 21 heavy (non-hydrogen) atoms. The van der Waals surface area contributed by atoms with Crippen molar-refractivity contribution >= 4 is 0 Å². The van der Waals surface area contributed by atoms with E-state index in [4.69, 9.17) is 0 Å². The number of aromatic nitrogens is 1. The fourth-order valence-corrected chi connectivity index (χ4v) is 2.47. The summed E-state index contributed by atoms with van der Waals surface area (Å²) in [5.74, 6) is -0.189. The number of hydrogen-bond acceptors (Lipinski definition) is 2. The van der Waals surface area contributed by atoms with Crippen molar-refractivity contribution in [2.24, 2.45) is 0 Å². The molecule has 0 radical (unpaired) electrons. The van der Waals surface area contributed by atoms with Gasteiger partial charge in [0.25, 0.3) is 0 Å². The average molecular weight is 286 g/mol. The van der Waals surface area contributed by atoms with Crippen LogP contribution in [0.1, 0.15) is 56.5 Å². The summed E-state index contributed by atoms with van der Waals surface area (Å²) in [6.07, 6.45) is 5.15. The standard InChI is InChI=1S/C18H23FN2/c1-3-4-7-18(15-9-11-16(19)12-10-15)21-14(2)17-8-5-6-13-20-17/h5-6,8-14,18,21H,3-4,7H2,1-2H3/t14-,18?/m0/s1. The van der Waals surface area contributed by atoms with Crippen molar-refractivity contribution in [2.75, 3.05) is 0 Å². The van der Waals surface area contributed by atoms with Crippen LogP contribution in [0.4, 0.5) is 4.39 Å². The summed E-state index contributed by atoms with van der Waals surface area (Å²) in [5.41, 5.74) is 2.16. The summed E-state index contributed by atoms with van der Waals surface area (Å²) in [7, 11) is 0. The van der Waals surface area contributed by atoms with Gasteiger partial charge in [0.05, 0.1) is 5.69 Å². The third-order valence-electron chi connectivity index (χ3n) is 3.70. The third kappa shape index (κ3) is 4.64. The molecule has 2 rings (SSSR count). The summed E-state index contributed by atoms with van der Waals surface area (Å²) in [6.45, 7) is 4.30. The van der Waals surface area contributed by atoms with Crippen molar-refractivity contribution in [3.05, 3.63) is 65.7 Å². The predicted molar refractivity (Wildman–Crippen MR) is 84.5 cm³/mol. The lowest BCUT2D eigenvalue weighted by atomic mass is 9.99. The summed E-state index contributed by atoms with van der Waals surface area (Å²) < 4.78 is 13.1. The van der Waals surface area contributed by atoms with Crippen molar-refractivity contribution in [3.63, 3.8) is 0 Å². The molecule has 2 aromatic rings. The lowest BCUT2D eigenvalue weighted by molar-refractivity contribution is 0.426. The lowest BCUT2D eigenvalue weighted by Crippen LogP contribution is -2.25. The number of hydrogen-bond donors (Lipinski definition) is 1. The van der Waals surface area contributed by atoms with Crippen LogP contribution in [0.5, 0.6) is 0 Å². The Balaban J connectivity index is 2.10. The minimum atomic E-state index is -0.189. The fourth-order valence-electron chi connectivity index (χ4n) is 2.47. The normalized spacial score (nSPS) is 13.9. The molecule has 0 saturated heterocycles. The van der Waals surface area contributed by atoms with Gasteiger partial charge in [-0.2, -0.15) is 0 Å². The second kappa shape index (κ2) is 7.89. The maximum Gasteiger partial charge on any atom is 0.123 e. The Labute approximate surface area is 126 Å². The molecule has 112 valence electrons. The van der Waals surface area contributed by atoms with Crippen molar-refractivity contribution < 1.29 is 4.39 Å². The number of nitrogens with one attached hydrogen (secondary N) is 1. The van der Waals surface area contributed by atoms with Crippen LogP contribution in [0.3, 0.4) is 0 Å². The Morgan fingerprint density at radius 3 is 2.52 bits per heavy atom. The molecule has 3 heteroatoms. The van der Waals surface area contributed by atoms with Crippen LogP contribution in [0.15, 0.2) is 48.7 Å². The SMILES string of the molecule is CCCCC(N[C@@H](C)c1ccccn1)c1ccc(F)cc1. The molecule has 1 unspecified atom stereocenters. The zero-order valence-electron chi connectivity index (χ0n) is 12.7. The maximum absolute atomic E-state index is 13.1. The Hall–Kier alpha value is -1.74. The largest absolute Gasteiger partial charge is 0.302 e. The lowest BCUT2D eigenvalue weighted by Gasteiger charge is -2.23. The second-order valence-electron chi connectivity index (χ2n) is 5.39. The molecular formula is C18H23FN2. The van der Waals surface area contributed by atoms with Crippen molar-refractivity contribution in [1.82, 2.24) is 10.3 Å². The summed E-state index contributed by atoms with van der Waals surface area (Å²) >= 11 is 0. The Morgan fingerprint density at radius 1 is 1.14 bits per heavy atom. The molecule has 2 atom stereocenters. The first-order valence-corrected chi connectivity index (χ1v) is 7.63. The van der Waals surface area contributed by atoms with E-state index >= 15 is 0 Å². The highest BCUT2D eigenvalue weighted by molar-refractivity contribution is 5.20. The molecule has 1 N–H and O–H groups in total. The van der Waals surface area contributed by atoms with Crippen LogP contribution in [0.2, 0.25) is 0 Å². The number of pyridine rings is 1. The number of unbranched alkanes of at least 4 members (excludes halogenated alkanes) is 1. The average Bonchev–Trinajstić information content (AvgIpc) is 2.53. The molecule has 1 aromatic carbocycles. The topological polar surface area (TPSA) is 24.9 Å². The third-order valence-corrected chi connectivity index (χ3v) is 3.70. The van der Waals surface area contributed by atoms with E-state index in [2.05, 4.69) is 24.1 Å². The van der Waals surface area contributed by atoms with Gasteiger partial charge in [-0.15, -0.1) is 0 Å². The monoisotopic (exact) mass is 286 g/mol. The highest BCUT2D eigenvalue weighted by Crippen LogP contribution is 2.23. The maximum atomic E-state index is 13.1. The van der Waals surface area contributed by atoms with Crippen molar-refractivity contribution in [1.29, 1.82) is 0 Å². The predicted octanol–water partition coefficient (Wildman–Crippen LogP) is 4.80. The Kier molecular flexibility index (Phi) is 5.88. The van der Waals surface area contributed by atoms with Crippen LogP contribution < -0.4 is 5.32 Å². The molecular weight excluding hydrogens is 263 g/mol. The summed E-state index contributed by atoms with van der Waals surface area (Å²) in [6, 6.07) is 13.1. The minimum absolute atomic E-state index is 0.165. The van der Waals surface area contributed by atoms with Gasteiger partial charge < -0.3 is 5.32 Å². The highest BCUT2D eigenvalue weighted by atomic mass is 19.1. The zero-order chi connectivity index (χ0) is 15.1.